The summed E-state index contributed by atoms with van der Waals surface area (Å²) in [5.74, 6) is -0.529. The van der Waals surface area contributed by atoms with E-state index >= 15 is 0 Å². The van der Waals surface area contributed by atoms with Crippen molar-refractivity contribution in [2.24, 2.45) is 0 Å². The lowest BCUT2D eigenvalue weighted by atomic mass is 9.81. The summed E-state index contributed by atoms with van der Waals surface area (Å²) >= 11 is 0. The minimum atomic E-state index is -0.529. The second-order valence-electron chi connectivity index (χ2n) is 10.4. The van der Waals surface area contributed by atoms with Gasteiger partial charge in [-0.3, -0.25) is 4.98 Å². The van der Waals surface area contributed by atoms with Gasteiger partial charge >= 0.3 is 0 Å². The molecule has 5 aromatic rings. The van der Waals surface area contributed by atoms with Gasteiger partial charge in [0.15, 0.2) is 0 Å². The fraction of sp³-hybridized carbons (Fsp3) is 0.194. The maximum atomic E-state index is 13.6. The van der Waals surface area contributed by atoms with Gasteiger partial charge in [-0.25, -0.2) is 9.67 Å². The van der Waals surface area contributed by atoms with E-state index in [0.717, 1.165) is 22.6 Å². The standard InChI is InChI=1S/C31H27FN4/c1-30(2)24-9-6-5-8-22(24)23-13-12-20(18-25(23)30)26-10-7-11-27(34-26)31(3,4)28-15-17-36(35-28)21-14-16-33-29(32)19-21/h5-19H,1-4H3. The molecule has 0 unspecified atom stereocenters. The van der Waals surface area contributed by atoms with E-state index in [1.54, 1.807) is 10.7 Å². The third-order valence-corrected chi connectivity index (χ3v) is 7.47. The lowest BCUT2D eigenvalue weighted by Gasteiger charge is -2.23. The summed E-state index contributed by atoms with van der Waals surface area (Å²) < 4.78 is 15.3. The Hall–Kier alpha value is -4.12. The van der Waals surface area contributed by atoms with Crippen molar-refractivity contribution in [2.75, 3.05) is 0 Å². The normalized spacial score (nSPS) is 13.9. The van der Waals surface area contributed by atoms with Gasteiger partial charge in [-0.15, -0.1) is 0 Å². The number of fused-ring (bicyclic) bond motifs is 3. The Morgan fingerprint density at radius 2 is 1.61 bits per heavy atom. The predicted octanol–water partition coefficient (Wildman–Crippen LogP) is 7.10. The van der Waals surface area contributed by atoms with E-state index in [4.69, 9.17) is 10.1 Å². The lowest BCUT2D eigenvalue weighted by Crippen LogP contribution is -2.22. The minimum Gasteiger partial charge on any atom is -0.252 e. The number of halogens is 1. The highest BCUT2D eigenvalue weighted by molar-refractivity contribution is 5.83. The van der Waals surface area contributed by atoms with Gasteiger partial charge in [0.1, 0.15) is 0 Å². The van der Waals surface area contributed by atoms with E-state index < -0.39 is 11.4 Å². The molecule has 0 atom stereocenters. The van der Waals surface area contributed by atoms with Crippen LogP contribution in [0.1, 0.15) is 50.2 Å². The first-order valence-corrected chi connectivity index (χ1v) is 12.2. The van der Waals surface area contributed by atoms with Crippen molar-refractivity contribution in [1.29, 1.82) is 0 Å². The Bertz CT molecular complexity index is 1610. The Labute approximate surface area is 210 Å². The van der Waals surface area contributed by atoms with Crippen LogP contribution in [-0.4, -0.2) is 19.7 Å². The number of benzene rings is 2. The maximum Gasteiger partial charge on any atom is 0.214 e. The van der Waals surface area contributed by atoms with Crippen molar-refractivity contribution in [3.63, 3.8) is 0 Å². The maximum absolute atomic E-state index is 13.6. The molecule has 0 spiro atoms. The molecular weight excluding hydrogens is 447 g/mol. The van der Waals surface area contributed by atoms with Crippen LogP contribution in [0.5, 0.6) is 0 Å². The van der Waals surface area contributed by atoms with E-state index in [-0.39, 0.29) is 5.41 Å². The molecule has 6 rings (SSSR count). The summed E-state index contributed by atoms with van der Waals surface area (Å²) in [6.45, 7) is 8.81. The summed E-state index contributed by atoms with van der Waals surface area (Å²) in [6, 6.07) is 26.6. The van der Waals surface area contributed by atoms with Crippen LogP contribution in [-0.2, 0) is 10.8 Å². The van der Waals surface area contributed by atoms with Crippen LogP contribution in [0.3, 0.4) is 0 Å². The molecule has 0 amide bonds. The van der Waals surface area contributed by atoms with E-state index in [9.17, 15) is 4.39 Å². The minimum absolute atomic E-state index is 0.0575. The van der Waals surface area contributed by atoms with Crippen LogP contribution in [0.15, 0.2) is 91.3 Å². The van der Waals surface area contributed by atoms with Crippen molar-refractivity contribution in [2.45, 2.75) is 38.5 Å². The molecule has 3 aromatic heterocycles. The van der Waals surface area contributed by atoms with Gasteiger partial charge in [-0.1, -0.05) is 56.3 Å². The first-order valence-electron chi connectivity index (χ1n) is 12.2. The van der Waals surface area contributed by atoms with Crippen LogP contribution < -0.4 is 0 Å². The van der Waals surface area contributed by atoms with Crippen LogP contribution in [0.4, 0.5) is 4.39 Å². The summed E-state index contributed by atoms with van der Waals surface area (Å²) in [6.07, 6.45) is 3.29. The average molecular weight is 475 g/mol. The number of pyridine rings is 2. The third kappa shape index (κ3) is 3.46. The molecular formula is C31H27FN4. The van der Waals surface area contributed by atoms with Crippen LogP contribution in [0, 0.1) is 5.95 Å². The SMILES string of the molecule is CC(C)(c1cccc(-c2ccc3c(c2)C(C)(C)c2ccccc2-3)n1)c1ccn(-c2ccnc(F)c2)n1. The van der Waals surface area contributed by atoms with Crippen LogP contribution in [0.25, 0.3) is 28.1 Å². The number of hydrogen-bond donors (Lipinski definition) is 0. The van der Waals surface area contributed by atoms with E-state index in [1.165, 1.54) is 34.5 Å². The molecule has 0 aliphatic heterocycles. The molecule has 0 radical (unpaired) electrons. The molecule has 178 valence electrons. The zero-order valence-corrected chi connectivity index (χ0v) is 20.8. The summed E-state index contributed by atoms with van der Waals surface area (Å²) in [7, 11) is 0. The smallest absolute Gasteiger partial charge is 0.214 e. The van der Waals surface area contributed by atoms with Gasteiger partial charge in [0.25, 0.3) is 0 Å². The monoisotopic (exact) mass is 474 g/mol. The van der Waals surface area contributed by atoms with Crippen molar-refractivity contribution in [1.82, 2.24) is 19.7 Å². The zero-order valence-electron chi connectivity index (χ0n) is 20.8. The predicted molar refractivity (Wildman–Crippen MR) is 141 cm³/mol. The van der Waals surface area contributed by atoms with E-state index in [2.05, 4.69) is 87.3 Å². The van der Waals surface area contributed by atoms with Gasteiger partial charge in [-0.05, 0) is 66.4 Å². The third-order valence-electron chi connectivity index (χ3n) is 7.47. The van der Waals surface area contributed by atoms with Crippen molar-refractivity contribution in [3.05, 3.63) is 120 Å². The number of rotatable bonds is 4. The van der Waals surface area contributed by atoms with Crippen molar-refractivity contribution in [3.8, 4) is 28.1 Å². The Morgan fingerprint density at radius 1 is 0.806 bits per heavy atom. The van der Waals surface area contributed by atoms with Gasteiger partial charge in [-0.2, -0.15) is 9.49 Å². The van der Waals surface area contributed by atoms with Crippen molar-refractivity contribution < 1.29 is 4.39 Å². The molecule has 0 bridgehead atoms. The molecule has 0 saturated heterocycles. The molecule has 2 aromatic carbocycles. The fourth-order valence-corrected chi connectivity index (χ4v) is 5.27. The average Bonchev–Trinajstić information content (AvgIpc) is 3.47. The van der Waals surface area contributed by atoms with Crippen molar-refractivity contribution >= 4 is 0 Å². The summed E-state index contributed by atoms with van der Waals surface area (Å²) in [5, 5.41) is 4.74. The molecule has 0 fully saturated rings. The number of hydrogen-bond acceptors (Lipinski definition) is 3. The molecule has 0 N–H and O–H groups in total. The Kier molecular flexibility index (Phi) is 4.94. The summed E-state index contributed by atoms with van der Waals surface area (Å²) in [5.41, 5.74) is 9.26. The highest BCUT2D eigenvalue weighted by atomic mass is 19.1. The Morgan fingerprint density at radius 3 is 2.44 bits per heavy atom. The highest BCUT2D eigenvalue weighted by Gasteiger charge is 2.35. The van der Waals surface area contributed by atoms with Gasteiger partial charge in [0.05, 0.1) is 28.2 Å². The highest BCUT2D eigenvalue weighted by Crippen LogP contribution is 2.49. The topological polar surface area (TPSA) is 43.6 Å². The fourth-order valence-electron chi connectivity index (χ4n) is 5.27. The first-order chi connectivity index (χ1) is 17.2. The van der Waals surface area contributed by atoms with Gasteiger partial charge in [0.2, 0.25) is 5.95 Å². The van der Waals surface area contributed by atoms with Gasteiger partial charge in [0, 0.05) is 29.4 Å². The second-order valence-corrected chi connectivity index (χ2v) is 10.4. The second kappa shape index (κ2) is 7.95. The summed E-state index contributed by atoms with van der Waals surface area (Å²) in [4.78, 5) is 8.72. The molecule has 1 aliphatic carbocycles. The largest absolute Gasteiger partial charge is 0.252 e. The quantitative estimate of drug-likeness (QED) is 0.261. The van der Waals surface area contributed by atoms with Crippen LogP contribution in [0.2, 0.25) is 0 Å². The number of nitrogens with zero attached hydrogens (tertiary/aromatic N) is 4. The Balaban J connectivity index is 1.36. The van der Waals surface area contributed by atoms with E-state index in [0.29, 0.717) is 5.69 Å². The lowest BCUT2D eigenvalue weighted by molar-refractivity contribution is 0.576. The van der Waals surface area contributed by atoms with Gasteiger partial charge < -0.3 is 0 Å². The molecule has 5 heteroatoms. The van der Waals surface area contributed by atoms with E-state index in [1.807, 2.05) is 18.3 Å². The molecule has 0 saturated carbocycles. The first kappa shape index (κ1) is 22.4. The number of aromatic nitrogens is 4. The molecule has 36 heavy (non-hydrogen) atoms. The molecule has 1 aliphatic rings. The molecule has 3 heterocycles. The zero-order chi connectivity index (χ0) is 25.1. The van der Waals surface area contributed by atoms with Crippen LogP contribution >= 0.6 is 0 Å². The molecule has 4 nitrogen and oxygen atoms in total.